The highest BCUT2D eigenvalue weighted by atomic mass is 16.5. The fourth-order valence-corrected chi connectivity index (χ4v) is 1.73. The van der Waals surface area contributed by atoms with Gasteiger partial charge in [0.25, 0.3) is 0 Å². The van der Waals surface area contributed by atoms with Crippen LogP contribution in [0, 0.1) is 12.8 Å². The van der Waals surface area contributed by atoms with Crippen LogP contribution >= 0.6 is 0 Å². The molecular weight excluding hydrogens is 216 g/mol. The van der Waals surface area contributed by atoms with Gasteiger partial charge in [0.15, 0.2) is 0 Å². The molecule has 5 heteroatoms. The van der Waals surface area contributed by atoms with Crippen LogP contribution in [0.25, 0.3) is 0 Å². The van der Waals surface area contributed by atoms with Crippen LogP contribution < -0.4 is 15.8 Å². The van der Waals surface area contributed by atoms with Gasteiger partial charge in [-0.2, -0.15) is 0 Å². The summed E-state index contributed by atoms with van der Waals surface area (Å²) in [4.78, 5) is 8.21. The molecular formula is C12H22N4O. The van der Waals surface area contributed by atoms with Crippen molar-refractivity contribution in [2.45, 2.75) is 33.2 Å². The molecule has 1 aromatic heterocycles. The lowest BCUT2D eigenvalue weighted by molar-refractivity contribution is 0.393. The van der Waals surface area contributed by atoms with E-state index in [9.17, 15) is 0 Å². The number of nitrogens with one attached hydrogen (secondary N) is 1. The van der Waals surface area contributed by atoms with Crippen LogP contribution in [0.3, 0.4) is 0 Å². The van der Waals surface area contributed by atoms with Gasteiger partial charge in [0.1, 0.15) is 12.1 Å². The molecule has 5 nitrogen and oxygen atoms in total. The van der Waals surface area contributed by atoms with E-state index in [0.717, 1.165) is 17.8 Å². The Balaban J connectivity index is 2.57. The lowest BCUT2D eigenvalue weighted by Gasteiger charge is -2.16. The van der Waals surface area contributed by atoms with Crippen molar-refractivity contribution in [1.29, 1.82) is 0 Å². The van der Waals surface area contributed by atoms with E-state index in [1.165, 1.54) is 6.33 Å². The second-order valence-electron chi connectivity index (χ2n) is 4.63. The molecule has 17 heavy (non-hydrogen) atoms. The number of nitrogens with zero attached hydrogens (tertiary/aromatic N) is 2. The Morgan fingerprint density at radius 2 is 2.12 bits per heavy atom. The van der Waals surface area contributed by atoms with Gasteiger partial charge in [-0.15, -0.1) is 0 Å². The molecule has 0 spiro atoms. The van der Waals surface area contributed by atoms with E-state index in [2.05, 4.69) is 29.1 Å². The third-order valence-electron chi connectivity index (χ3n) is 2.54. The molecule has 0 aromatic carbocycles. The summed E-state index contributed by atoms with van der Waals surface area (Å²) < 4.78 is 5.13. The molecule has 1 unspecified atom stereocenters. The summed E-state index contributed by atoms with van der Waals surface area (Å²) in [7, 11) is 1.60. The largest absolute Gasteiger partial charge is 0.481 e. The fourth-order valence-electron chi connectivity index (χ4n) is 1.73. The zero-order valence-corrected chi connectivity index (χ0v) is 11.0. The Morgan fingerprint density at radius 3 is 2.71 bits per heavy atom. The number of anilines is 1. The maximum atomic E-state index is 6.01. The lowest BCUT2D eigenvalue weighted by Crippen LogP contribution is -2.30. The average molecular weight is 238 g/mol. The van der Waals surface area contributed by atoms with Crippen molar-refractivity contribution >= 4 is 5.82 Å². The number of methoxy groups -OCH3 is 1. The summed E-state index contributed by atoms with van der Waals surface area (Å²) in [5.74, 6) is 1.99. The average Bonchev–Trinajstić information content (AvgIpc) is 2.27. The molecule has 0 aliphatic heterocycles. The SMILES string of the molecule is COc1ncnc(NCC(N)CC(C)C)c1C. The van der Waals surface area contributed by atoms with E-state index >= 15 is 0 Å². The smallest absolute Gasteiger partial charge is 0.221 e. The number of rotatable bonds is 6. The Bertz CT molecular complexity index is 354. The molecule has 0 bridgehead atoms. The van der Waals surface area contributed by atoms with Gasteiger partial charge in [0.2, 0.25) is 5.88 Å². The highest BCUT2D eigenvalue weighted by Gasteiger charge is 2.09. The fraction of sp³-hybridized carbons (Fsp3) is 0.667. The summed E-state index contributed by atoms with van der Waals surface area (Å²) >= 11 is 0. The van der Waals surface area contributed by atoms with E-state index in [-0.39, 0.29) is 6.04 Å². The second kappa shape index (κ2) is 6.39. The molecule has 1 aromatic rings. The third-order valence-corrected chi connectivity index (χ3v) is 2.54. The Hall–Kier alpha value is -1.36. The number of ether oxygens (including phenoxy) is 1. The van der Waals surface area contributed by atoms with Crippen LogP contribution in [-0.2, 0) is 0 Å². The van der Waals surface area contributed by atoms with E-state index in [1.807, 2.05) is 6.92 Å². The summed E-state index contributed by atoms with van der Waals surface area (Å²) in [5, 5.41) is 3.24. The van der Waals surface area contributed by atoms with Gasteiger partial charge in [-0.25, -0.2) is 9.97 Å². The summed E-state index contributed by atoms with van der Waals surface area (Å²) in [6.07, 6.45) is 2.48. The first-order chi connectivity index (χ1) is 8.04. The lowest BCUT2D eigenvalue weighted by atomic mass is 10.0. The molecule has 96 valence electrons. The minimum absolute atomic E-state index is 0.135. The summed E-state index contributed by atoms with van der Waals surface area (Å²) in [6, 6.07) is 0.135. The Labute approximate surface area is 103 Å². The molecule has 0 aliphatic carbocycles. The van der Waals surface area contributed by atoms with Gasteiger partial charge in [0.05, 0.1) is 12.7 Å². The summed E-state index contributed by atoms with van der Waals surface area (Å²) in [6.45, 7) is 6.96. The van der Waals surface area contributed by atoms with Gasteiger partial charge in [-0.3, -0.25) is 0 Å². The van der Waals surface area contributed by atoms with Crippen LogP contribution in [0.5, 0.6) is 5.88 Å². The van der Waals surface area contributed by atoms with Gasteiger partial charge in [-0.1, -0.05) is 13.8 Å². The number of hydrogen-bond acceptors (Lipinski definition) is 5. The number of hydrogen-bond donors (Lipinski definition) is 2. The normalized spacial score (nSPS) is 12.6. The van der Waals surface area contributed by atoms with Crippen molar-refractivity contribution in [3.8, 4) is 5.88 Å². The van der Waals surface area contributed by atoms with Crippen LogP contribution in [0.4, 0.5) is 5.82 Å². The first kappa shape index (κ1) is 13.7. The molecule has 3 N–H and O–H groups in total. The predicted molar refractivity (Wildman–Crippen MR) is 69.2 cm³/mol. The van der Waals surface area contributed by atoms with E-state index in [1.54, 1.807) is 7.11 Å². The number of aromatic nitrogens is 2. The quantitative estimate of drug-likeness (QED) is 0.787. The molecule has 1 rings (SSSR count). The van der Waals surface area contributed by atoms with Gasteiger partial charge in [0, 0.05) is 12.6 Å². The molecule has 0 aliphatic rings. The van der Waals surface area contributed by atoms with Crippen LogP contribution in [0.1, 0.15) is 25.8 Å². The maximum absolute atomic E-state index is 6.01. The van der Waals surface area contributed by atoms with Crippen molar-refractivity contribution in [3.05, 3.63) is 11.9 Å². The maximum Gasteiger partial charge on any atom is 0.221 e. The molecule has 1 atom stereocenters. The van der Waals surface area contributed by atoms with E-state index in [0.29, 0.717) is 18.3 Å². The topological polar surface area (TPSA) is 73.1 Å². The molecule has 0 amide bonds. The monoisotopic (exact) mass is 238 g/mol. The molecule has 1 heterocycles. The Morgan fingerprint density at radius 1 is 1.41 bits per heavy atom. The predicted octanol–water partition coefficient (Wildman–Crippen LogP) is 1.58. The highest BCUT2D eigenvalue weighted by Crippen LogP contribution is 2.19. The van der Waals surface area contributed by atoms with Gasteiger partial charge in [-0.05, 0) is 19.3 Å². The third kappa shape index (κ3) is 4.19. The Kier molecular flexibility index (Phi) is 5.15. The number of nitrogens with two attached hydrogens (primary N) is 1. The molecule has 0 radical (unpaired) electrons. The minimum Gasteiger partial charge on any atom is -0.481 e. The van der Waals surface area contributed by atoms with Crippen LogP contribution in [-0.4, -0.2) is 29.7 Å². The standard InChI is InChI=1S/C12H22N4O/c1-8(2)5-10(13)6-14-11-9(3)12(17-4)16-7-15-11/h7-8,10H,5-6,13H2,1-4H3,(H,14,15,16). The first-order valence-electron chi connectivity index (χ1n) is 5.89. The van der Waals surface area contributed by atoms with E-state index in [4.69, 9.17) is 10.5 Å². The molecule has 0 fully saturated rings. The zero-order valence-electron chi connectivity index (χ0n) is 11.0. The minimum atomic E-state index is 0.135. The van der Waals surface area contributed by atoms with Crippen molar-refractivity contribution in [1.82, 2.24) is 9.97 Å². The van der Waals surface area contributed by atoms with Crippen molar-refractivity contribution < 1.29 is 4.74 Å². The van der Waals surface area contributed by atoms with Gasteiger partial charge < -0.3 is 15.8 Å². The van der Waals surface area contributed by atoms with Crippen LogP contribution in [0.2, 0.25) is 0 Å². The first-order valence-corrected chi connectivity index (χ1v) is 5.89. The van der Waals surface area contributed by atoms with Gasteiger partial charge >= 0.3 is 0 Å². The molecule has 0 saturated heterocycles. The summed E-state index contributed by atoms with van der Waals surface area (Å²) in [5.41, 5.74) is 6.91. The van der Waals surface area contributed by atoms with Crippen molar-refractivity contribution in [2.75, 3.05) is 19.0 Å². The second-order valence-corrected chi connectivity index (χ2v) is 4.63. The van der Waals surface area contributed by atoms with Crippen molar-refractivity contribution in [3.63, 3.8) is 0 Å². The highest BCUT2D eigenvalue weighted by molar-refractivity contribution is 5.47. The van der Waals surface area contributed by atoms with Crippen molar-refractivity contribution in [2.24, 2.45) is 11.7 Å². The zero-order chi connectivity index (χ0) is 12.8. The van der Waals surface area contributed by atoms with E-state index < -0.39 is 0 Å². The molecule has 0 saturated carbocycles. The van der Waals surface area contributed by atoms with Crippen LogP contribution in [0.15, 0.2) is 6.33 Å².